The lowest BCUT2D eigenvalue weighted by Gasteiger charge is -2.07. The number of pyridine rings is 1. The molecule has 1 aliphatic heterocycles. The molecule has 8 heteroatoms. The summed E-state index contributed by atoms with van der Waals surface area (Å²) in [6, 6.07) is 9.01. The molecule has 0 spiro atoms. The number of hydrogen-bond donors (Lipinski definition) is 1. The van der Waals surface area contributed by atoms with Crippen LogP contribution in [0.25, 0.3) is 0 Å². The molecule has 0 aliphatic carbocycles. The number of nitrogens with one attached hydrogen (secondary N) is 1. The Balaban J connectivity index is 1.65. The van der Waals surface area contributed by atoms with Crippen molar-refractivity contribution < 1.29 is 23.8 Å². The van der Waals surface area contributed by atoms with Crippen molar-refractivity contribution in [1.82, 2.24) is 4.98 Å². The summed E-state index contributed by atoms with van der Waals surface area (Å²) in [5.74, 6) is 0.671. The number of fused-ring (bicyclic) bond motifs is 1. The van der Waals surface area contributed by atoms with Gasteiger partial charge in [0.05, 0.1) is 12.2 Å². The molecule has 0 atom stereocenters. The van der Waals surface area contributed by atoms with E-state index in [0.29, 0.717) is 28.3 Å². The summed E-state index contributed by atoms with van der Waals surface area (Å²) in [5, 5.41) is 3.34. The number of rotatable bonds is 6. The summed E-state index contributed by atoms with van der Waals surface area (Å²) in [5.41, 5.74) is 2.66. The van der Waals surface area contributed by atoms with Gasteiger partial charge in [-0.2, -0.15) is 0 Å². The predicted molar refractivity (Wildman–Crippen MR) is 113 cm³/mol. The van der Waals surface area contributed by atoms with Crippen LogP contribution in [0.15, 0.2) is 42.7 Å². The van der Waals surface area contributed by atoms with E-state index in [1.807, 2.05) is 25.1 Å². The van der Waals surface area contributed by atoms with E-state index >= 15 is 0 Å². The maximum absolute atomic E-state index is 12.6. The Bertz CT molecular complexity index is 1090. The monoisotopic (exact) mass is 424 g/mol. The highest BCUT2D eigenvalue weighted by atomic mass is 32.1. The normalized spacial score (nSPS) is 11.9. The van der Waals surface area contributed by atoms with Crippen LogP contribution < -0.4 is 14.8 Å². The van der Waals surface area contributed by atoms with Gasteiger partial charge in [0.15, 0.2) is 11.5 Å². The van der Waals surface area contributed by atoms with Gasteiger partial charge >= 0.3 is 5.97 Å². The first-order valence-corrected chi connectivity index (χ1v) is 10.3. The minimum atomic E-state index is -0.451. The van der Waals surface area contributed by atoms with Crippen LogP contribution in [0.3, 0.4) is 0 Å². The lowest BCUT2D eigenvalue weighted by Crippen LogP contribution is -2.14. The lowest BCUT2D eigenvalue weighted by molar-refractivity contribution is 0.0527. The number of ether oxygens (including phenoxy) is 3. The molecule has 3 aromatic rings. The fraction of sp³-hybridized carbons (Fsp3) is 0.227. The van der Waals surface area contributed by atoms with Gasteiger partial charge in [-0.05, 0) is 49.2 Å². The third-order valence-corrected chi connectivity index (χ3v) is 5.90. The van der Waals surface area contributed by atoms with E-state index in [1.54, 1.807) is 31.5 Å². The summed E-state index contributed by atoms with van der Waals surface area (Å²) in [7, 11) is 0. The number of benzene rings is 1. The van der Waals surface area contributed by atoms with E-state index in [1.165, 1.54) is 11.3 Å². The number of nitrogens with zero attached hydrogens (tertiary/aromatic N) is 1. The molecule has 0 bridgehead atoms. The van der Waals surface area contributed by atoms with Crippen LogP contribution in [0.1, 0.15) is 43.6 Å². The molecular weight excluding hydrogens is 404 g/mol. The number of thiophene rings is 1. The van der Waals surface area contributed by atoms with Crippen molar-refractivity contribution in [3.63, 3.8) is 0 Å². The number of anilines is 1. The third kappa shape index (κ3) is 3.99. The van der Waals surface area contributed by atoms with E-state index in [2.05, 4.69) is 10.3 Å². The molecule has 1 amide bonds. The Morgan fingerprint density at radius 1 is 1.17 bits per heavy atom. The SMILES string of the molecule is CCOC(=O)c1c(NC(=O)c2ccncc2)sc(Cc2ccc3c(c2)OCO3)c1C. The van der Waals surface area contributed by atoms with E-state index in [-0.39, 0.29) is 19.3 Å². The second kappa shape index (κ2) is 8.54. The number of hydrogen-bond acceptors (Lipinski definition) is 7. The highest BCUT2D eigenvalue weighted by molar-refractivity contribution is 7.17. The minimum Gasteiger partial charge on any atom is -0.462 e. The fourth-order valence-corrected chi connectivity index (χ4v) is 4.40. The number of amides is 1. The lowest BCUT2D eigenvalue weighted by atomic mass is 10.1. The van der Waals surface area contributed by atoms with Gasteiger partial charge < -0.3 is 19.5 Å². The molecule has 0 unspecified atom stereocenters. The average Bonchev–Trinajstić information content (AvgIpc) is 3.33. The Morgan fingerprint density at radius 3 is 2.70 bits per heavy atom. The molecule has 0 saturated carbocycles. The van der Waals surface area contributed by atoms with Crippen molar-refractivity contribution in [3.8, 4) is 11.5 Å². The van der Waals surface area contributed by atoms with Crippen LogP contribution in [-0.2, 0) is 11.2 Å². The van der Waals surface area contributed by atoms with Gasteiger partial charge in [0.25, 0.3) is 5.91 Å². The quantitative estimate of drug-likeness (QED) is 0.597. The maximum atomic E-state index is 12.6. The average molecular weight is 424 g/mol. The Kier molecular flexibility index (Phi) is 5.67. The first-order chi connectivity index (χ1) is 14.6. The van der Waals surface area contributed by atoms with Crippen molar-refractivity contribution in [2.75, 3.05) is 18.7 Å². The van der Waals surface area contributed by atoms with Gasteiger partial charge in [-0.1, -0.05) is 6.07 Å². The molecular formula is C22H20N2O5S. The first kappa shape index (κ1) is 19.9. The van der Waals surface area contributed by atoms with Crippen LogP contribution >= 0.6 is 11.3 Å². The zero-order valence-electron chi connectivity index (χ0n) is 16.6. The number of aromatic nitrogens is 1. The maximum Gasteiger partial charge on any atom is 0.341 e. The summed E-state index contributed by atoms with van der Waals surface area (Å²) in [4.78, 5) is 30.1. The molecule has 1 aromatic carbocycles. The predicted octanol–water partition coefficient (Wildman–Crippen LogP) is 4.20. The molecule has 0 radical (unpaired) electrons. The fourth-order valence-electron chi connectivity index (χ4n) is 3.18. The van der Waals surface area contributed by atoms with Crippen molar-refractivity contribution >= 4 is 28.2 Å². The first-order valence-electron chi connectivity index (χ1n) is 9.46. The molecule has 2 aromatic heterocycles. The standard InChI is InChI=1S/C22H20N2O5S/c1-3-27-22(26)19-13(2)18(11-14-4-5-16-17(10-14)29-12-28-16)30-21(19)24-20(25)15-6-8-23-9-7-15/h4-10H,3,11-12H2,1-2H3,(H,24,25). The van der Waals surface area contributed by atoms with Crippen LogP contribution in [0, 0.1) is 6.92 Å². The van der Waals surface area contributed by atoms with E-state index in [4.69, 9.17) is 14.2 Å². The highest BCUT2D eigenvalue weighted by Gasteiger charge is 2.24. The van der Waals surface area contributed by atoms with E-state index in [0.717, 1.165) is 21.8 Å². The van der Waals surface area contributed by atoms with Crippen LogP contribution in [0.2, 0.25) is 0 Å². The Labute approximate surface area is 177 Å². The van der Waals surface area contributed by atoms with Crippen molar-refractivity contribution in [3.05, 3.63) is 69.9 Å². The molecule has 7 nitrogen and oxygen atoms in total. The van der Waals surface area contributed by atoms with Crippen LogP contribution in [0.4, 0.5) is 5.00 Å². The third-order valence-electron chi connectivity index (χ3n) is 4.70. The van der Waals surface area contributed by atoms with E-state index < -0.39 is 5.97 Å². The largest absolute Gasteiger partial charge is 0.462 e. The van der Waals surface area contributed by atoms with Gasteiger partial charge in [-0.25, -0.2) is 4.79 Å². The van der Waals surface area contributed by atoms with Crippen molar-refractivity contribution in [2.24, 2.45) is 0 Å². The molecule has 1 aliphatic rings. The highest BCUT2D eigenvalue weighted by Crippen LogP contribution is 2.37. The van der Waals surface area contributed by atoms with Crippen LogP contribution in [-0.4, -0.2) is 30.3 Å². The molecule has 4 rings (SSSR count). The van der Waals surface area contributed by atoms with Gasteiger partial charge in [-0.3, -0.25) is 9.78 Å². The van der Waals surface area contributed by atoms with Crippen molar-refractivity contribution in [2.45, 2.75) is 20.3 Å². The summed E-state index contributed by atoms with van der Waals surface area (Å²) in [6.45, 7) is 4.09. The Hall–Kier alpha value is -3.39. The second-order valence-electron chi connectivity index (χ2n) is 6.63. The Morgan fingerprint density at radius 2 is 1.93 bits per heavy atom. The molecule has 1 N–H and O–H groups in total. The second-order valence-corrected chi connectivity index (χ2v) is 7.73. The summed E-state index contributed by atoms with van der Waals surface area (Å²) >= 11 is 1.37. The molecule has 154 valence electrons. The summed E-state index contributed by atoms with van der Waals surface area (Å²) < 4.78 is 16.0. The molecule has 30 heavy (non-hydrogen) atoms. The molecule has 0 saturated heterocycles. The van der Waals surface area contributed by atoms with Gasteiger partial charge in [0.1, 0.15) is 5.00 Å². The van der Waals surface area contributed by atoms with Gasteiger partial charge in [0.2, 0.25) is 6.79 Å². The van der Waals surface area contributed by atoms with Gasteiger partial charge in [-0.15, -0.1) is 11.3 Å². The van der Waals surface area contributed by atoms with E-state index in [9.17, 15) is 9.59 Å². The zero-order valence-corrected chi connectivity index (χ0v) is 17.4. The summed E-state index contributed by atoms with van der Waals surface area (Å²) in [6.07, 6.45) is 3.68. The smallest absolute Gasteiger partial charge is 0.341 e. The van der Waals surface area contributed by atoms with Crippen molar-refractivity contribution in [1.29, 1.82) is 0 Å². The van der Waals surface area contributed by atoms with Crippen LogP contribution in [0.5, 0.6) is 11.5 Å². The number of esters is 1. The molecule has 3 heterocycles. The topological polar surface area (TPSA) is 86.8 Å². The van der Waals surface area contributed by atoms with Gasteiger partial charge in [0, 0.05) is 29.3 Å². The molecule has 0 fully saturated rings. The number of carbonyl (C=O) groups is 2. The minimum absolute atomic E-state index is 0.217. The zero-order chi connectivity index (χ0) is 21.1. The number of carbonyl (C=O) groups excluding carboxylic acids is 2.